The van der Waals surface area contributed by atoms with Crippen LogP contribution in [0.1, 0.15) is 6.92 Å². The Balaban J connectivity index is 2.85. The summed E-state index contributed by atoms with van der Waals surface area (Å²) in [4.78, 5) is 0. The predicted molar refractivity (Wildman–Crippen MR) is 17.7 cm³/mol. The van der Waals surface area contributed by atoms with Gasteiger partial charge in [0, 0.05) is 0 Å². The summed E-state index contributed by atoms with van der Waals surface area (Å²) in [5.41, 5.74) is 0. The fourth-order valence-corrected chi connectivity index (χ4v) is 0. The summed E-state index contributed by atoms with van der Waals surface area (Å²) in [6.45, 7) is 1.90. The van der Waals surface area contributed by atoms with E-state index in [2.05, 4.69) is 23.2 Å². The van der Waals surface area contributed by atoms with Gasteiger partial charge in [-0.15, -0.1) is 0 Å². The van der Waals surface area contributed by atoms with Crippen LogP contribution in [-0.4, -0.2) is 11.3 Å². The van der Waals surface area contributed by atoms with Crippen LogP contribution in [0.2, 0.25) is 0 Å². The molecule has 5 heavy (non-hydrogen) atoms. The molecule has 0 aromatic rings. The molecule has 0 N–H and O–H groups in total. The summed E-state index contributed by atoms with van der Waals surface area (Å²) in [7, 11) is 1.65. The number of hydrogen-bond acceptors (Lipinski definition) is 1. The fourth-order valence-electron chi connectivity index (χ4n) is 0. The van der Waals surface area contributed by atoms with Gasteiger partial charge in [0.2, 0.25) is 0 Å². The Hall–Kier alpha value is 0.479. The van der Waals surface area contributed by atoms with Crippen molar-refractivity contribution in [3.63, 3.8) is 0 Å². The molecule has 0 aliphatic rings. The molecule has 0 rings (SSSR count). The molecule has 2 heteroatoms. The molecule has 0 radical (unpaired) electrons. The Bertz CT molecular complexity index is 42.2. The van der Waals surface area contributed by atoms with Gasteiger partial charge in [0.05, 0.1) is 0 Å². The second-order valence-corrected chi connectivity index (χ2v) is 1.98. The van der Waals surface area contributed by atoms with Gasteiger partial charge >= 0.3 is 41.4 Å². The van der Waals surface area contributed by atoms with Gasteiger partial charge in [-0.25, -0.2) is 0 Å². The molecule has 0 fully saturated rings. The molecule has 0 spiro atoms. The molecule has 0 aliphatic heterocycles. The van der Waals surface area contributed by atoms with Crippen LogP contribution in [0, 0.1) is 0 Å². The zero-order valence-corrected chi connectivity index (χ0v) is 5.14. The summed E-state index contributed by atoms with van der Waals surface area (Å²) in [5.74, 6) is 0. The van der Waals surface area contributed by atoms with Crippen LogP contribution in [0.3, 0.4) is 0 Å². The monoisotopic (exact) mass is 155 g/mol. The molecule has 0 aliphatic carbocycles. The van der Waals surface area contributed by atoms with Gasteiger partial charge in [-0.3, -0.25) is 0 Å². The zero-order chi connectivity index (χ0) is 4.28. The number of ether oxygens (including phenoxy) is 1. The van der Waals surface area contributed by atoms with Crippen LogP contribution in [0.15, 0.2) is 0 Å². The normalized spacial score (nSPS) is 7.60. The molecule has 0 atom stereocenters. The van der Waals surface area contributed by atoms with Gasteiger partial charge in [0.25, 0.3) is 0 Å². The first-order valence-corrected chi connectivity index (χ1v) is 2.23. The van der Waals surface area contributed by atoms with Crippen LogP contribution in [-0.2, 0) is 23.2 Å². The van der Waals surface area contributed by atoms with E-state index in [0.29, 0.717) is 0 Å². The molecule has 0 aromatic carbocycles. The molecule has 0 amide bonds. The molecule has 0 saturated carbocycles. The van der Waals surface area contributed by atoms with Crippen molar-refractivity contribution in [2.75, 3.05) is 7.11 Å². The topological polar surface area (TPSA) is 9.23 Å². The minimum absolute atomic E-state index is 0.975. The van der Waals surface area contributed by atoms with E-state index in [-0.39, 0.29) is 0 Å². The van der Waals surface area contributed by atoms with Crippen molar-refractivity contribution in [1.82, 2.24) is 0 Å². The van der Waals surface area contributed by atoms with Crippen molar-refractivity contribution >= 4 is 4.21 Å². The Morgan fingerprint density at radius 3 is 2.00 bits per heavy atom. The number of methoxy groups -OCH3 is 1. The third-order valence-corrected chi connectivity index (χ3v) is 0.661. The Morgan fingerprint density at radius 2 is 2.00 bits per heavy atom. The van der Waals surface area contributed by atoms with Crippen molar-refractivity contribution in [3.05, 3.63) is 0 Å². The van der Waals surface area contributed by atoms with E-state index in [0.717, 1.165) is 4.21 Å². The third kappa shape index (κ3) is 4.48. The van der Waals surface area contributed by atoms with E-state index >= 15 is 0 Å². The van der Waals surface area contributed by atoms with E-state index in [1.165, 1.54) is 0 Å². The average Bonchev–Trinajstić information content (AvgIpc) is 1.38. The van der Waals surface area contributed by atoms with E-state index in [1.54, 1.807) is 7.11 Å². The minimum atomic E-state index is 0.975. The summed E-state index contributed by atoms with van der Waals surface area (Å²) in [6, 6.07) is 0. The van der Waals surface area contributed by atoms with Gasteiger partial charge < -0.3 is 0 Å². The van der Waals surface area contributed by atoms with Crippen molar-refractivity contribution in [2.24, 2.45) is 0 Å². The quantitative estimate of drug-likeness (QED) is 0.531. The first kappa shape index (κ1) is 5.48. The van der Waals surface area contributed by atoms with E-state index in [9.17, 15) is 0 Å². The molecule has 0 bridgehead atoms. The average molecular weight is 156 g/mol. The van der Waals surface area contributed by atoms with Gasteiger partial charge in [0.1, 0.15) is 0 Å². The summed E-state index contributed by atoms with van der Waals surface area (Å²) < 4.78 is 5.63. The molecular formula is C3H6OTc. The van der Waals surface area contributed by atoms with Crippen molar-refractivity contribution in [3.8, 4) is 0 Å². The predicted octanol–water partition coefficient (Wildman–Crippen LogP) is 0.329. The fraction of sp³-hybridized carbons (Fsp3) is 0.667. The van der Waals surface area contributed by atoms with Crippen LogP contribution in [0.25, 0.3) is 0 Å². The molecule has 0 heterocycles. The number of hydrogen-bond donors (Lipinski definition) is 0. The van der Waals surface area contributed by atoms with Crippen LogP contribution in [0.4, 0.5) is 0 Å². The first-order chi connectivity index (χ1) is 2.27. The van der Waals surface area contributed by atoms with Crippen LogP contribution < -0.4 is 0 Å². The van der Waals surface area contributed by atoms with Gasteiger partial charge in [-0.2, -0.15) is 0 Å². The van der Waals surface area contributed by atoms with Gasteiger partial charge in [-0.1, -0.05) is 0 Å². The van der Waals surface area contributed by atoms with Crippen molar-refractivity contribution < 1.29 is 23.2 Å². The molecular weight excluding hydrogens is 150 g/mol. The second-order valence-electron chi connectivity index (χ2n) is 0.674. The molecule has 31 valence electrons. The number of rotatable bonds is 1. The van der Waals surface area contributed by atoms with E-state index in [4.69, 9.17) is 0 Å². The molecule has 0 aromatic heterocycles. The Morgan fingerprint density at radius 1 is 1.80 bits per heavy atom. The molecule has 0 saturated heterocycles. The zero-order valence-electron chi connectivity index (χ0n) is 3.29. The van der Waals surface area contributed by atoms with E-state index in [1.807, 2.05) is 6.92 Å². The standard InChI is InChI=1S/C3H6O.Tc/c1-3-4-2;/h1-2H3;. The van der Waals surface area contributed by atoms with Crippen LogP contribution >= 0.6 is 0 Å². The van der Waals surface area contributed by atoms with Gasteiger partial charge in [0.15, 0.2) is 0 Å². The maximum atomic E-state index is 4.65. The second kappa shape index (κ2) is 2.70. The maximum absolute atomic E-state index is 4.65. The van der Waals surface area contributed by atoms with Gasteiger partial charge in [-0.05, 0) is 0 Å². The first-order valence-electron chi connectivity index (χ1n) is 1.30. The molecule has 0 unspecified atom stereocenters. The van der Waals surface area contributed by atoms with Crippen LogP contribution in [0.5, 0.6) is 0 Å². The third-order valence-electron chi connectivity index (χ3n) is 0.281. The summed E-state index contributed by atoms with van der Waals surface area (Å²) in [6.07, 6.45) is 0. The van der Waals surface area contributed by atoms with Crippen molar-refractivity contribution in [1.29, 1.82) is 0 Å². The SMILES string of the molecule is CO[C](C)=[Tc]. The molecule has 1 nitrogen and oxygen atoms in total. The Kier molecular flexibility index (Phi) is 2.96. The Labute approximate surface area is 42.0 Å². The van der Waals surface area contributed by atoms with Crippen molar-refractivity contribution in [2.45, 2.75) is 6.92 Å². The summed E-state index contributed by atoms with van der Waals surface area (Å²) >= 11 is 2.10. The van der Waals surface area contributed by atoms with E-state index < -0.39 is 0 Å². The summed E-state index contributed by atoms with van der Waals surface area (Å²) in [5, 5.41) is 0.